The van der Waals surface area contributed by atoms with Crippen LogP contribution in [0.25, 0.3) is 0 Å². The molecule has 3 aliphatic rings. The van der Waals surface area contributed by atoms with Gasteiger partial charge in [0.25, 0.3) is 0 Å². The number of aliphatic hydroxyl groups is 1. The van der Waals surface area contributed by atoms with Crippen LogP contribution in [-0.2, 0) is 12.8 Å². The molecule has 1 aromatic rings. The molecular formula is C18H29N5O. The van der Waals surface area contributed by atoms with Crippen molar-refractivity contribution in [3.8, 4) is 0 Å². The Morgan fingerprint density at radius 2 is 2.04 bits per heavy atom. The summed E-state index contributed by atoms with van der Waals surface area (Å²) in [4.78, 5) is 12.1. The molecule has 1 saturated carbocycles. The van der Waals surface area contributed by atoms with E-state index in [4.69, 9.17) is 9.97 Å². The Labute approximate surface area is 144 Å². The molecule has 2 aliphatic heterocycles. The van der Waals surface area contributed by atoms with Gasteiger partial charge in [-0.1, -0.05) is 0 Å². The largest absolute Gasteiger partial charge is 0.392 e. The Morgan fingerprint density at radius 3 is 2.88 bits per heavy atom. The number of nitrogens with zero attached hydrogens (tertiary/aromatic N) is 3. The van der Waals surface area contributed by atoms with Gasteiger partial charge in [-0.3, -0.25) is 4.90 Å². The molecule has 4 rings (SSSR count). The second-order valence-electron chi connectivity index (χ2n) is 7.40. The van der Waals surface area contributed by atoms with Gasteiger partial charge >= 0.3 is 0 Å². The number of aliphatic hydroxyl groups excluding tert-OH is 1. The number of piperidine rings is 1. The molecule has 1 saturated heterocycles. The average molecular weight is 331 g/mol. The van der Waals surface area contributed by atoms with E-state index in [9.17, 15) is 5.11 Å². The molecule has 0 amide bonds. The fourth-order valence-corrected chi connectivity index (χ4v) is 3.80. The monoisotopic (exact) mass is 331 g/mol. The van der Waals surface area contributed by atoms with Crippen LogP contribution in [0.3, 0.4) is 0 Å². The summed E-state index contributed by atoms with van der Waals surface area (Å²) in [6.45, 7) is 5.77. The Morgan fingerprint density at radius 1 is 1.17 bits per heavy atom. The maximum absolute atomic E-state index is 9.80. The average Bonchev–Trinajstić information content (AvgIpc) is 3.41. The van der Waals surface area contributed by atoms with Crippen LogP contribution in [0.1, 0.15) is 48.7 Å². The van der Waals surface area contributed by atoms with Gasteiger partial charge in [0, 0.05) is 44.1 Å². The molecule has 0 aromatic carbocycles. The lowest BCUT2D eigenvalue weighted by atomic mass is 10.1. The summed E-state index contributed by atoms with van der Waals surface area (Å²) in [5.74, 6) is 2.69. The number of nitrogens with one attached hydrogen (secondary N) is 2. The molecule has 6 nitrogen and oxygen atoms in total. The number of β-amino-alcohol motifs (C(OH)–C–C–N with tert-alkyl or cyclic N) is 1. The van der Waals surface area contributed by atoms with Gasteiger partial charge in [0.15, 0.2) is 0 Å². The molecule has 132 valence electrons. The zero-order chi connectivity index (χ0) is 16.4. The highest BCUT2D eigenvalue weighted by Crippen LogP contribution is 2.39. The molecule has 0 bridgehead atoms. The van der Waals surface area contributed by atoms with Gasteiger partial charge in [-0.25, -0.2) is 9.97 Å². The minimum absolute atomic E-state index is 0.151. The van der Waals surface area contributed by atoms with Gasteiger partial charge < -0.3 is 15.7 Å². The van der Waals surface area contributed by atoms with Crippen LogP contribution < -0.4 is 10.6 Å². The maximum atomic E-state index is 9.80. The Balaban J connectivity index is 1.44. The van der Waals surface area contributed by atoms with E-state index in [0.717, 1.165) is 76.6 Å². The van der Waals surface area contributed by atoms with Crippen molar-refractivity contribution in [2.24, 2.45) is 0 Å². The van der Waals surface area contributed by atoms with Crippen LogP contribution >= 0.6 is 0 Å². The topological polar surface area (TPSA) is 73.3 Å². The minimum Gasteiger partial charge on any atom is -0.392 e. The van der Waals surface area contributed by atoms with E-state index in [2.05, 4.69) is 15.5 Å². The van der Waals surface area contributed by atoms with Gasteiger partial charge in [-0.15, -0.1) is 0 Å². The quantitative estimate of drug-likeness (QED) is 0.745. The first-order chi connectivity index (χ1) is 11.8. The summed E-state index contributed by atoms with van der Waals surface area (Å²) in [5.41, 5.74) is 2.55. The van der Waals surface area contributed by atoms with Gasteiger partial charge in [-0.2, -0.15) is 0 Å². The van der Waals surface area contributed by atoms with Crippen molar-refractivity contribution >= 4 is 5.82 Å². The van der Waals surface area contributed by atoms with Crippen molar-refractivity contribution in [2.75, 3.05) is 44.6 Å². The molecule has 0 radical (unpaired) electrons. The van der Waals surface area contributed by atoms with E-state index in [-0.39, 0.29) is 6.10 Å². The van der Waals surface area contributed by atoms with Crippen molar-refractivity contribution in [1.82, 2.24) is 20.2 Å². The lowest BCUT2D eigenvalue weighted by Crippen LogP contribution is -2.40. The van der Waals surface area contributed by atoms with Crippen LogP contribution in [-0.4, -0.2) is 65.3 Å². The minimum atomic E-state index is -0.151. The summed E-state index contributed by atoms with van der Waals surface area (Å²) in [6, 6.07) is 0. The molecule has 6 heteroatoms. The number of aromatic nitrogens is 2. The van der Waals surface area contributed by atoms with Crippen LogP contribution in [0.4, 0.5) is 5.82 Å². The second-order valence-corrected chi connectivity index (χ2v) is 7.40. The van der Waals surface area contributed by atoms with E-state index in [0.29, 0.717) is 5.92 Å². The predicted octanol–water partition coefficient (Wildman–Crippen LogP) is 0.911. The van der Waals surface area contributed by atoms with Crippen molar-refractivity contribution in [2.45, 2.75) is 50.5 Å². The number of anilines is 1. The number of hydrogen-bond acceptors (Lipinski definition) is 6. The molecule has 24 heavy (non-hydrogen) atoms. The molecule has 3 heterocycles. The lowest BCUT2D eigenvalue weighted by molar-refractivity contribution is 0.0730. The first-order valence-corrected chi connectivity index (χ1v) is 9.54. The molecule has 1 atom stereocenters. The number of rotatable bonds is 5. The molecule has 1 aromatic heterocycles. The lowest BCUT2D eigenvalue weighted by Gasteiger charge is -2.30. The van der Waals surface area contributed by atoms with Crippen LogP contribution in [0.2, 0.25) is 0 Å². The Hall–Kier alpha value is -1.24. The van der Waals surface area contributed by atoms with Gasteiger partial charge in [0.2, 0.25) is 0 Å². The second kappa shape index (κ2) is 7.33. The standard InChI is InChI=1S/C18H29N5O/c24-14-2-1-10-23(12-14)11-9-20-18-15-5-7-19-8-6-16(15)21-17(22-18)13-3-4-13/h13-14,19,24H,1-12H2,(H,20,21,22)/t14-/m1/s1. The third-order valence-corrected chi connectivity index (χ3v) is 5.34. The zero-order valence-corrected chi connectivity index (χ0v) is 14.4. The van der Waals surface area contributed by atoms with Gasteiger partial charge in [-0.05, 0) is 45.2 Å². The molecule has 3 N–H and O–H groups in total. The number of likely N-dealkylation sites (tertiary alicyclic amines) is 1. The van der Waals surface area contributed by atoms with Crippen molar-refractivity contribution < 1.29 is 5.11 Å². The maximum Gasteiger partial charge on any atom is 0.134 e. The normalized spacial score (nSPS) is 25.1. The fraction of sp³-hybridized carbons (Fsp3) is 0.778. The van der Waals surface area contributed by atoms with Crippen LogP contribution in [0.5, 0.6) is 0 Å². The molecular weight excluding hydrogens is 302 g/mol. The summed E-state index contributed by atoms with van der Waals surface area (Å²) < 4.78 is 0. The molecule has 2 fully saturated rings. The van der Waals surface area contributed by atoms with Crippen molar-refractivity contribution in [3.05, 3.63) is 17.1 Å². The first kappa shape index (κ1) is 16.2. The van der Waals surface area contributed by atoms with E-state index in [1.165, 1.54) is 24.1 Å². The van der Waals surface area contributed by atoms with Crippen LogP contribution in [0.15, 0.2) is 0 Å². The molecule has 0 unspecified atom stereocenters. The third-order valence-electron chi connectivity index (χ3n) is 5.34. The van der Waals surface area contributed by atoms with E-state index in [1.54, 1.807) is 0 Å². The van der Waals surface area contributed by atoms with Crippen molar-refractivity contribution in [1.29, 1.82) is 0 Å². The molecule has 1 aliphatic carbocycles. The third kappa shape index (κ3) is 3.87. The van der Waals surface area contributed by atoms with E-state index >= 15 is 0 Å². The highest BCUT2D eigenvalue weighted by Gasteiger charge is 2.29. The highest BCUT2D eigenvalue weighted by atomic mass is 16.3. The van der Waals surface area contributed by atoms with E-state index in [1.807, 2.05) is 0 Å². The van der Waals surface area contributed by atoms with Gasteiger partial charge in [0.05, 0.1) is 11.8 Å². The summed E-state index contributed by atoms with van der Waals surface area (Å²) in [7, 11) is 0. The smallest absolute Gasteiger partial charge is 0.134 e. The highest BCUT2D eigenvalue weighted by molar-refractivity contribution is 5.48. The molecule has 0 spiro atoms. The van der Waals surface area contributed by atoms with Crippen molar-refractivity contribution in [3.63, 3.8) is 0 Å². The fourth-order valence-electron chi connectivity index (χ4n) is 3.80. The Kier molecular flexibility index (Phi) is 4.96. The van der Waals surface area contributed by atoms with Gasteiger partial charge in [0.1, 0.15) is 11.6 Å². The Bertz CT molecular complexity index is 575. The first-order valence-electron chi connectivity index (χ1n) is 9.54. The summed E-state index contributed by atoms with van der Waals surface area (Å²) >= 11 is 0. The zero-order valence-electron chi connectivity index (χ0n) is 14.4. The summed E-state index contributed by atoms with van der Waals surface area (Å²) in [5, 5.41) is 16.9. The van der Waals surface area contributed by atoms with E-state index < -0.39 is 0 Å². The summed E-state index contributed by atoms with van der Waals surface area (Å²) in [6.07, 6.45) is 6.38. The SMILES string of the molecule is O[C@@H]1CCCN(CCNc2nc(C3CC3)nc3c2CCNCC3)C1. The number of hydrogen-bond donors (Lipinski definition) is 3. The van der Waals surface area contributed by atoms with Crippen LogP contribution in [0, 0.1) is 0 Å². The number of fused-ring (bicyclic) bond motifs is 1. The predicted molar refractivity (Wildman–Crippen MR) is 94.5 cm³/mol.